The summed E-state index contributed by atoms with van der Waals surface area (Å²) in [5.41, 5.74) is 0. The molecule has 0 amide bonds. The van der Waals surface area contributed by atoms with E-state index in [0.29, 0.717) is 0 Å². The van der Waals surface area contributed by atoms with E-state index in [0.717, 1.165) is 31.7 Å². The molecule has 0 aromatic rings. The largest absolute Gasteiger partial charge is 0.313 e. The number of hydrogen-bond donors (Lipinski definition) is 1. The van der Waals surface area contributed by atoms with Crippen molar-refractivity contribution in [3.05, 3.63) is 0 Å². The molecular formula is C14H27NO2S. The van der Waals surface area contributed by atoms with Crippen LogP contribution in [0, 0.1) is 5.92 Å². The molecule has 106 valence electrons. The molecule has 4 heteroatoms. The van der Waals surface area contributed by atoms with Gasteiger partial charge in [-0.3, -0.25) is 0 Å². The first kappa shape index (κ1) is 14.3. The van der Waals surface area contributed by atoms with Gasteiger partial charge in [0.25, 0.3) is 0 Å². The van der Waals surface area contributed by atoms with E-state index < -0.39 is 9.84 Å². The third-order valence-electron chi connectivity index (χ3n) is 4.67. The number of nitrogens with one attached hydrogen (secondary N) is 1. The van der Waals surface area contributed by atoms with Crippen molar-refractivity contribution in [3.63, 3.8) is 0 Å². The Labute approximate surface area is 112 Å². The standard InChI is InChI=1S/C14H27NO2S/c1-18(16,17)14-10-4-9-13(14)15-11-5-8-12-6-2-3-7-12/h12-15H,2-11H2,1H3. The van der Waals surface area contributed by atoms with Crippen molar-refractivity contribution in [1.82, 2.24) is 5.32 Å². The molecule has 0 saturated heterocycles. The molecule has 0 aromatic carbocycles. The van der Waals surface area contributed by atoms with Gasteiger partial charge in [0.05, 0.1) is 5.25 Å². The number of sulfone groups is 1. The van der Waals surface area contributed by atoms with Crippen LogP contribution in [0.5, 0.6) is 0 Å². The molecule has 2 rings (SSSR count). The van der Waals surface area contributed by atoms with E-state index in [1.807, 2.05) is 0 Å². The van der Waals surface area contributed by atoms with Crippen LogP contribution in [0.1, 0.15) is 57.8 Å². The minimum atomic E-state index is -2.87. The molecule has 2 aliphatic carbocycles. The van der Waals surface area contributed by atoms with Crippen molar-refractivity contribution in [2.75, 3.05) is 12.8 Å². The quantitative estimate of drug-likeness (QED) is 0.756. The van der Waals surface area contributed by atoms with Crippen molar-refractivity contribution >= 4 is 9.84 Å². The highest BCUT2D eigenvalue weighted by Crippen LogP contribution is 2.28. The van der Waals surface area contributed by atoms with Crippen LogP contribution in [-0.4, -0.2) is 32.5 Å². The summed E-state index contributed by atoms with van der Waals surface area (Å²) in [6.07, 6.45) is 12.5. The van der Waals surface area contributed by atoms with Crippen molar-refractivity contribution in [2.24, 2.45) is 5.92 Å². The Kier molecular flexibility index (Phi) is 5.07. The predicted molar refractivity (Wildman–Crippen MR) is 75.5 cm³/mol. The van der Waals surface area contributed by atoms with Gasteiger partial charge in [0, 0.05) is 12.3 Å². The Hall–Kier alpha value is -0.0900. The molecule has 0 heterocycles. The van der Waals surface area contributed by atoms with E-state index in [2.05, 4.69) is 5.32 Å². The zero-order chi connectivity index (χ0) is 13.0. The van der Waals surface area contributed by atoms with Crippen LogP contribution in [0.3, 0.4) is 0 Å². The molecule has 0 aliphatic heterocycles. The van der Waals surface area contributed by atoms with Gasteiger partial charge < -0.3 is 5.32 Å². The molecule has 0 aromatic heterocycles. The molecule has 0 radical (unpaired) electrons. The molecular weight excluding hydrogens is 246 g/mol. The third kappa shape index (κ3) is 3.95. The Morgan fingerprint density at radius 1 is 1.06 bits per heavy atom. The number of hydrogen-bond acceptors (Lipinski definition) is 3. The Bertz CT molecular complexity index is 347. The van der Waals surface area contributed by atoms with Gasteiger partial charge in [-0.1, -0.05) is 32.1 Å². The van der Waals surface area contributed by atoms with Crippen LogP contribution < -0.4 is 5.32 Å². The van der Waals surface area contributed by atoms with Gasteiger partial charge in [-0.05, 0) is 38.1 Å². The molecule has 2 saturated carbocycles. The average Bonchev–Trinajstić information content (AvgIpc) is 2.94. The van der Waals surface area contributed by atoms with Crippen molar-refractivity contribution in [1.29, 1.82) is 0 Å². The van der Waals surface area contributed by atoms with Crippen molar-refractivity contribution in [2.45, 2.75) is 69.1 Å². The molecule has 0 spiro atoms. The predicted octanol–water partition coefficient (Wildman–Crippen LogP) is 2.51. The van der Waals surface area contributed by atoms with Gasteiger partial charge in [0.15, 0.2) is 9.84 Å². The second kappa shape index (κ2) is 6.38. The lowest BCUT2D eigenvalue weighted by molar-refractivity contribution is 0.444. The van der Waals surface area contributed by atoms with Crippen LogP contribution in [0.2, 0.25) is 0 Å². The van der Waals surface area contributed by atoms with Gasteiger partial charge in [-0.15, -0.1) is 0 Å². The minimum absolute atomic E-state index is 0.135. The Balaban J connectivity index is 1.66. The van der Waals surface area contributed by atoms with Gasteiger partial charge >= 0.3 is 0 Å². The van der Waals surface area contributed by atoms with Crippen molar-refractivity contribution < 1.29 is 8.42 Å². The first-order chi connectivity index (χ1) is 8.57. The zero-order valence-electron chi connectivity index (χ0n) is 11.5. The molecule has 2 unspecified atom stereocenters. The van der Waals surface area contributed by atoms with E-state index in [1.165, 1.54) is 44.8 Å². The molecule has 1 N–H and O–H groups in total. The summed E-state index contributed by atoms with van der Waals surface area (Å²) in [7, 11) is -2.87. The first-order valence-corrected chi connectivity index (χ1v) is 9.45. The summed E-state index contributed by atoms with van der Waals surface area (Å²) in [6.45, 7) is 0.993. The highest BCUT2D eigenvalue weighted by atomic mass is 32.2. The Morgan fingerprint density at radius 2 is 1.78 bits per heavy atom. The lowest BCUT2D eigenvalue weighted by Gasteiger charge is -2.20. The van der Waals surface area contributed by atoms with Crippen molar-refractivity contribution in [3.8, 4) is 0 Å². The van der Waals surface area contributed by atoms with Crippen LogP contribution in [-0.2, 0) is 9.84 Å². The summed E-state index contributed by atoms with van der Waals surface area (Å²) in [6, 6.07) is 0.212. The van der Waals surface area contributed by atoms with Crippen LogP contribution in [0.4, 0.5) is 0 Å². The van der Waals surface area contributed by atoms with E-state index in [4.69, 9.17) is 0 Å². The molecule has 2 atom stereocenters. The van der Waals surface area contributed by atoms with Gasteiger partial charge in [0.1, 0.15) is 0 Å². The second-order valence-corrected chi connectivity index (χ2v) is 8.42. The van der Waals surface area contributed by atoms with Gasteiger partial charge in [-0.2, -0.15) is 0 Å². The zero-order valence-corrected chi connectivity index (χ0v) is 12.3. The van der Waals surface area contributed by atoms with E-state index in [-0.39, 0.29) is 11.3 Å². The lowest BCUT2D eigenvalue weighted by atomic mass is 10.0. The maximum Gasteiger partial charge on any atom is 0.151 e. The second-order valence-electron chi connectivity index (χ2n) is 6.15. The SMILES string of the molecule is CS(=O)(=O)C1CCCC1NCCCC1CCCC1. The third-order valence-corrected chi connectivity index (χ3v) is 6.34. The highest BCUT2D eigenvalue weighted by molar-refractivity contribution is 7.91. The van der Waals surface area contributed by atoms with Crippen LogP contribution >= 0.6 is 0 Å². The summed E-state index contributed by atoms with van der Waals surface area (Å²) in [4.78, 5) is 0. The Morgan fingerprint density at radius 3 is 2.44 bits per heavy atom. The molecule has 2 aliphatic rings. The smallest absolute Gasteiger partial charge is 0.151 e. The minimum Gasteiger partial charge on any atom is -0.313 e. The van der Waals surface area contributed by atoms with Gasteiger partial charge in [-0.25, -0.2) is 8.42 Å². The monoisotopic (exact) mass is 273 g/mol. The molecule has 18 heavy (non-hydrogen) atoms. The summed E-state index contributed by atoms with van der Waals surface area (Å²) >= 11 is 0. The first-order valence-electron chi connectivity index (χ1n) is 7.49. The lowest BCUT2D eigenvalue weighted by Crippen LogP contribution is -2.40. The molecule has 3 nitrogen and oxygen atoms in total. The number of rotatable bonds is 6. The fourth-order valence-corrected chi connectivity index (χ4v) is 5.07. The fraction of sp³-hybridized carbons (Fsp3) is 1.00. The summed E-state index contributed by atoms with van der Waals surface area (Å²) in [5.74, 6) is 0.945. The average molecular weight is 273 g/mol. The van der Waals surface area contributed by atoms with E-state index >= 15 is 0 Å². The highest BCUT2D eigenvalue weighted by Gasteiger charge is 2.34. The molecule has 2 fully saturated rings. The maximum absolute atomic E-state index is 11.6. The van der Waals surface area contributed by atoms with Crippen LogP contribution in [0.25, 0.3) is 0 Å². The van der Waals surface area contributed by atoms with Crippen LogP contribution in [0.15, 0.2) is 0 Å². The maximum atomic E-state index is 11.6. The summed E-state index contributed by atoms with van der Waals surface area (Å²) < 4.78 is 23.3. The topological polar surface area (TPSA) is 46.2 Å². The normalized spacial score (nSPS) is 30.1. The fourth-order valence-electron chi connectivity index (χ4n) is 3.65. The van der Waals surface area contributed by atoms with E-state index in [1.54, 1.807) is 0 Å². The van der Waals surface area contributed by atoms with E-state index in [9.17, 15) is 8.42 Å². The summed E-state index contributed by atoms with van der Waals surface area (Å²) in [5, 5.41) is 3.35. The molecule has 0 bridgehead atoms. The van der Waals surface area contributed by atoms with Gasteiger partial charge in [0.2, 0.25) is 0 Å².